The fourth-order valence-corrected chi connectivity index (χ4v) is 4.27. The third-order valence-corrected chi connectivity index (χ3v) is 5.81. The summed E-state index contributed by atoms with van der Waals surface area (Å²) in [6, 6.07) is 4.49. The van der Waals surface area contributed by atoms with Gasteiger partial charge in [0.2, 0.25) is 15.9 Å². The van der Waals surface area contributed by atoms with E-state index in [0.717, 1.165) is 12.8 Å². The normalized spacial score (nSPS) is 24.1. The zero-order valence-electron chi connectivity index (χ0n) is 12.5. The topological polar surface area (TPSA) is 84.9 Å². The van der Waals surface area contributed by atoms with Crippen LogP contribution in [0.5, 0.6) is 11.5 Å². The molecule has 7 nitrogen and oxygen atoms in total. The number of nitrogens with zero attached hydrogens (tertiary/aromatic N) is 1. The minimum atomic E-state index is -3.69. The molecule has 1 aliphatic carbocycles. The van der Waals surface area contributed by atoms with Crippen LogP contribution in [0.4, 0.5) is 0 Å². The number of carbonyl (C=O) groups excluding carboxylic acids is 1. The van der Waals surface area contributed by atoms with Gasteiger partial charge in [0.05, 0.1) is 4.90 Å². The molecule has 0 bridgehead atoms. The van der Waals surface area contributed by atoms with Gasteiger partial charge in [0.15, 0.2) is 11.5 Å². The second-order valence-corrected chi connectivity index (χ2v) is 7.82. The molecule has 1 aromatic carbocycles. The molecule has 23 heavy (non-hydrogen) atoms. The Morgan fingerprint density at radius 2 is 1.87 bits per heavy atom. The maximum absolute atomic E-state index is 12.5. The molecule has 1 atom stereocenters. The van der Waals surface area contributed by atoms with Crippen LogP contribution in [0.2, 0.25) is 0 Å². The van der Waals surface area contributed by atoms with E-state index in [1.54, 1.807) is 11.0 Å². The number of sulfonamides is 1. The summed E-state index contributed by atoms with van der Waals surface area (Å²) in [6.45, 7) is 1.31. The first-order valence-corrected chi connectivity index (χ1v) is 9.23. The van der Waals surface area contributed by atoms with Crippen molar-refractivity contribution in [1.82, 2.24) is 9.62 Å². The largest absolute Gasteiger partial charge is 0.486 e. The number of rotatable bonds is 4. The lowest BCUT2D eigenvalue weighted by atomic mass is 10.3. The summed E-state index contributed by atoms with van der Waals surface area (Å²) in [5.41, 5.74) is 0. The Bertz CT molecular complexity index is 744. The third-order valence-electron chi connectivity index (χ3n) is 4.29. The van der Waals surface area contributed by atoms with Crippen molar-refractivity contribution in [2.24, 2.45) is 0 Å². The molecule has 0 radical (unpaired) electrons. The maximum Gasteiger partial charge on any atom is 0.241 e. The highest BCUT2D eigenvalue weighted by Crippen LogP contribution is 2.33. The van der Waals surface area contributed by atoms with Crippen molar-refractivity contribution >= 4 is 15.9 Å². The second-order valence-electron chi connectivity index (χ2n) is 6.11. The number of likely N-dealkylation sites (tertiary alicyclic amines) is 1. The molecule has 0 spiro atoms. The average molecular weight is 338 g/mol. The zero-order chi connectivity index (χ0) is 16.0. The third kappa shape index (κ3) is 2.88. The molecule has 8 heteroatoms. The highest BCUT2D eigenvalue weighted by atomic mass is 32.2. The molecule has 2 aliphatic heterocycles. The number of ether oxygens (including phenoxy) is 2. The lowest BCUT2D eigenvalue weighted by molar-refractivity contribution is -0.128. The molecule has 1 aromatic rings. The van der Waals surface area contributed by atoms with Crippen molar-refractivity contribution in [3.63, 3.8) is 0 Å². The molecular formula is C15H18N2O5S. The van der Waals surface area contributed by atoms with E-state index in [9.17, 15) is 13.2 Å². The van der Waals surface area contributed by atoms with Crippen LogP contribution in [0.15, 0.2) is 23.1 Å². The van der Waals surface area contributed by atoms with Gasteiger partial charge in [-0.25, -0.2) is 13.1 Å². The van der Waals surface area contributed by atoms with E-state index in [1.807, 2.05) is 0 Å². The number of carbonyl (C=O) groups is 1. The van der Waals surface area contributed by atoms with Gasteiger partial charge in [-0.2, -0.15) is 0 Å². The lowest BCUT2D eigenvalue weighted by Crippen LogP contribution is -2.37. The predicted octanol–water partition coefficient (Wildman–Crippen LogP) is 0.499. The molecule has 1 unspecified atom stereocenters. The van der Waals surface area contributed by atoms with Crippen molar-refractivity contribution in [3.05, 3.63) is 18.2 Å². The smallest absolute Gasteiger partial charge is 0.241 e. The number of hydrogen-bond acceptors (Lipinski definition) is 5. The predicted molar refractivity (Wildman–Crippen MR) is 80.9 cm³/mol. The van der Waals surface area contributed by atoms with Crippen LogP contribution in [-0.4, -0.2) is 51.1 Å². The van der Waals surface area contributed by atoms with Crippen LogP contribution < -0.4 is 14.2 Å². The monoisotopic (exact) mass is 338 g/mol. The Balaban J connectivity index is 1.50. The van der Waals surface area contributed by atoms with Crippen LogP contribution in [0.3, 0.4) is 0 Å². The standard InChI is InChI=1S/C15H18N2O5S/c18-15-7-10(9-17(15)11-1-2-11)16-23(19,20)12-3-4-13-14(8-12)22-6-5-21-13/h3-4,8,10-11,16H,1-2,5-7,9H2. The van der Waals surface area contributed by atoms with Gasteiger partial charge in [0.25, 0.3) is 0 Å². The Hall–Kier alpha value is -1.80. The van der Waals surface area contributed by atoms with Gasteiger partial charge < -0.3 is 14.4 Å². The van der Waals surface area contributed by atoms with Crippen molar-refractivity contribution < 1.29 is 22.7 Å². The molecule has 3 aliphatic rings. The van der Waals surface area contributed by atoms with E-state index >= 15 is 0 Å². The molecule has 1 saturated heterocycles. The Kier molecular flexibility index (Phi) is 3.46. The zero-order valence-corrected chi connectivity index (χ0v) is 13.3. The van der Waals surface area contributed by atoms with Gasteiger partial charge in [-0.3, -0.25) is 4.79 Å². The Morgan fingerprint density at radius 1 is 1.13 bits per heavy atom. The minimum Gasteiger partial charge on any atom is -0.486 e. The summed E-state index contributed by atoms with van der Waals surface area (Å²) in [6.07, 6.45) is 2.26. The highest BCUT2D eigenvalue weighted by Gasteiger charge is 2.40. The van der Waals surface area contributed by atoms with Crippen LogP contribution in [0.25, 0.3) is 0 Å². The van der Waals surface area contributed by atoms with Crippen molar-refractivity contribution in [2.75, 3.05) is 19.8 Å². The van der Waals surface area contributed by atoms with Crippen molar-refractivity contribution in [1.29, 1.82) is 0 Å². The number of hydrogen-bond donors (Lipinski definition) is 1. The summed E-state index contributed by atoms with van der Waals surface area (Å²) in [7, 11) is -3.69. The molecule has 4 rings (SSSR count). The molecule has 1 saturated carbocycles. The first-order chi connectivity index (χ1) is 11.0. The van der Waals surface area contributed by atoms with Crippen LogP contribution in [0, 0.1) is 0 Å². The summed E-state index contributed by atoms with van der Waals surface area (Å²) in [4.78, 5) is 13.8. The van der Waals surface area contributed by atoms with Gasteiger partial charge in [-0.05, 0) is 25.0 Å². The minimum absolute atomic E-state index is 0.0300. The van der Waals surface area contributed by atoms with E-state index < -0.39 is 10.0 Å². The maximum atomic E-state index is 12.5. The number of fused-ring (bicyclic) bond motifs is 1. The molecule has 1 N–H and O–H groups in total. The SMILES string of the molecule is O=C1CC(NS(=O)(=O)c2ccc3c(c2)OCCO3)CN1C1CC1. The number of benzene rings is 1. The van der Waals surface area contributed by atoms with Gasteiger partial charge >= 0.3 is 0 Å². The van der Waals surface area contributed by atoms with E-state index in [0.29, 0.717) is 37.3 Å². The summed E-state index contributed by atoms with van der Waals surface area (Å²) in [5.74, 6) is 1.01. The van der Waals surface area contributed by atoms with Gasteiger partial charge in [0, 0.05) is 31.1 Å². The molecule has 2 heterocycles. The van der Waals surface area contributed by atoms with E-state index in [2.05, 4.69) is 4.72 Å². The molecule has 124 valence electrons. The molecule has 2 fully saturated rings. The van der Waals surface area contributed by atoms with E-state index in [1.165, 1.54) is 12.1 Å². The van der Waals surface area contributed by atoms with Crippen molar-refractivity contribution in [3.8, 4) is 11.5 Å². The first kappa shape index (κ1) is 14.8. The van der Waals surface area contributed by atoms with Crippen LogP contribution in [-0.2, 0) is 14.8 Å². The second kappa shape index (κ2) is 5.38. The summed E-state index contributed by atoms with van der Waals surface area (Å²) in [5, 5.41) is 0. The van der Waals surface area contributed by atoms with Gasteiger partial charge in [0.1, 0.15) is 13.2 Å². The Morgan fingerprint density at radius 3 is 2.61 bits per heavy atom. The molecule has 1 amide bonds. The first-order valence-electron chi connectivity index (χ1n) is 7.74. The van der Waals surface area contributed by atoms with Gasteiger partial charge in [-0.15, -0.1) is 0 Å². The highest BCUT2D eigenvalue weighted by molar-refractivity contribution is 7.89. The molecular weight excluding hydrogens is 320 g/mol. The quantitative estimate of drug-likeness (QED) is 0.864. The lowest BCUT2D eigenvalue weighted by Gasteiger charge is -2.19. The summed E-state index contributed by atoms with van der Waals surface area (Å²) >= 11 is 0. The van der Waals surface area contributed by atoms with E-state index in [4.69, 9.17) is 9.47 Å². The fraction of sp³-hybridized carbons (Fsp3) is 0.533. The van der Waals surface area contributed by atoms with Crippen LogP contribution in [0.1, 0.15) is 19.3 Å². The van der Waals surface area contributed by atoms with Crippen LogP contribution >= 0.6 is 0 Å². The Labute approximate surface area is 134 Å². The number of nitrogens with one attached hydrogen (secondary N) is 1. The summed E-state index contributed by atoms with van der Waals surface area (Å²) < 4.78 is 38.5. The average Bonchev–Trinajstić information content (AvgIpc) is 3.31. The van der Waals surface area contributed by atoms with Gasteiger partial charge in [-0.1, -0.05) is 0 Å². The molecule has 0 aromatic heterocycles. The van der Waals surface area contributed by atoms with E-state index in [-0.39, 0.29) is 23.3 Å². The van der Waals surface area contributed by atoms with Crippen molar-refractivity contribution in [2.45, 2.75) is 36.2 Å². The number of amides is 1. The fourth-order valence-electron chi connectivity index (χ4n) is 3.03.